The summed E-state index contributed by atoms with van der Waals surface area (Å²) < 4.78 is 20.5. The molecule has 0 fully saturated rings. The first kappa shape index (κ1) is 16.3. The predicted molar refractivity (Wildman–Crippen MR) is 90.4 cm³/mol. The molecular weight excluding hydrogens is 379 g/mol. The molecule has 0 radical (unpaired) electrons. The van der Waals surface area contributed by atoms with Crippen molar-refractivity contribution >= 4 is 32.8 Å². The highest BCUT2D eigenvalue weighted by Gasteiger charge is 2.11. The maximum absolute atomic E-state index is 13.6. The first-order valence-electron chi connectivity index (χ1n) is 7.14. The van der Waals surface area contributed by atoms with E-state index >= 15 is 0 Å². The molecule has 0 aliphatic carbocycles. The Morgan fingerprint density at radius 3 is 2.83 bits per heavy atom. The van der Waals surface area contributed by atoms with Crippen molar-refractivity contribution in [2.75, 3.05) is 0 Å². The van der Waals surface area contributed by atoms with Crippen molar-refractivity contribution in [3.8, 4) is 5.75 Å². The molecule has 3 aromatic rings. The lowest BCUT2D eigenvalue weighted by molar-refractivity contribution is -0.134. The number of carbonyl (C=O) groups is 1. The first-order chi connectivity index (χ1) is 11.5. The fourth-order valence-electron chi connectivity index (χ4n) is 2.21. The summed E-state index contributed by atoms with van der Waals surface area (Å²) in [5, 5.41) is 0.479. The largest absolute Gasteiger partial charge is 0.423 e. The zero-order valence-corrected chi connectivity index (χ0v) is 14.0. The fraction of sp³-hybridized carbons (Fsp3) is 0.118. The molecule has 0 bridgehead atoms. The first-order valence-corrected chi connectivity index (χ1v) is 7.94. The van der Waals surface area contributed by atoms with Gasteiger partial charge in [-0.25, -0.2) is 9.37 Å². The summed E-state index contributed by atoms with van der Waals surface area (Å²) in [4.78, 5) is 28.3. The van der Waals surface area contributed by atoms with E-state index in [9.17, 15) is 14.0 Å². The highest BCUT2D eigenvalue weighted by Crippen LogP contribution is 2.21. The van der Waals surface area contributed by atoms with E-state index in [0.717, 1.165) is 0 Å². The SMILES string of the molecule is O=C(CCn1cnc2ccccc2c1=O)Oc1ccc(Br)cc1F. The normalized spacial score (nSPS) is 10.8. The molecule has 0 N–H and O–H groups in total. The van der Waals surface area contributed by atoms with Crippen LogP contribution in [0.2, 0.25) is 0 Å². The second-order valence-electron chi connectivity index (χ2n) is 5.06. The van der Waals surface area contributed by atoms with Crippen molar-refractivity contribution in [1.82, 2.24) is 9.55 Å². The number of aryl methyl sites for hydroxylation is 1. The maximum Gasteiger partial charge on any atom is 0.313 e. The van der Waals surface area contributed by atoms with Crippen LogP contribution >= 0.6 is 15.9 Å². The minimum atomic E-state index is -0.637. The third-order valence-electron chi connectivity index (χ3n) is 3.41. The summed E-state index contributed by atoms with van der Waals surface area (Å²) in [7, 11) is 0. The lowest BCUT2D eigenvalue weighted by Crippen LogP contribution is -2.23. The molecule has 122 valence electrons. The highest BCUT2D eigenvalue weighted by atomic mass is 79.9. The Kier molecular flexibility index (Phi) is 4.71. The van der Waals surface area contributed by atoms with E-state index in [0.29, 0.717) is 15.4 Å². The van der Waals surface area contributed by atoms with Gasteiger partial charge in [-0.15, -0.1) is 0 Å². The van der Waals surface area contributed by atoms with Gasteiger partial charge >= 0.3 is 5.97 Å². The highest BCUT2D eigenvalue weighted by molar-refractivity contribution is 9.10. The second-order valence-corrected chi connectivity index (χ2v) is 5.97. The second kappa shape index (κ2) is 6.92. The average Bonchev–Trinajstić information content (AvgIpc) is 2.57. The number of halogens is 2. The van der Waals surface area contributed by atoms with Crippen LogP contribution in [0.25, 0.3) is 10.9 Å². The molecule has 0 amide bonds. The van der Waals surface area contributed by atoms with Crippen LogP contribution in [0.3, 0.4) is 0 Å². The van der Waals surface area contributed by atoms with Gasteiger partial charge in [-0.05, 0) is 30.3 Å². The molecule has 0 saturated heterocycles. The Bertz CT molecular complexity index is 971. The van der Waals surface area contributed by atoms with E-state index < -0.39 is 11.8 Å². The third-order valence-corrected chi connectivity index (χ3v) is 3.90. The van der Waals surface area contributed by atoms with Gasteiger partial charge in [0.15, 0.2) is 11.6 Å². The molecule has 1 aromatic heterocycles. The van der Waals surface area contributed by atoms with Crippen molar-refractivity contribution in [1.29, 1.82) is 0 Å². The summed E-state index contributed by atoms with van der Waals surface area (Å²) in [5.74, 6) is -1.41. The Balaban J connectivity index is 1.70. The topological polar surface area (TPSA) is 61.2 Å². The van der Waals surface area contributed by atoms with Gasteiger partial charge in [0, 0.05) is 11.0 Å². The molecule has 2 aromatic carbocycles. The van der Waals surface area contributed by atoms with E-state index in [1.54, 1.807) is 30.3 Å². The molecule has 3 rings (SSSR count). The quantitative estimate of drug-likeness (QED) is 0.506. The summed E-state index contributed by atoms with van der Waals surface area (Å²) in [6.07, 6.45) is 1.31. The number of ether oxygens (including phenoxy) is 1. The van der Waals surface area contributed by atoms with Gasteiger partial charge in [0.05, 0.1) is 23.7 Å². The van der Waals surface area contributed by atoms with Crippen molar-refractivity contribution in [2.24, 2.45) is 0 Å². The van der Waals surface area contributed by atoms with Gasteiger partial charge < -0.3 is 4.74 Å². The van der Waals surface area contributed by atoms with E-state index in [1.807, 2.05) is 0 Å². The minimum absolute atomic E-state index is 0.0740. The van der Waals surface area contributed by atoms with Gasteiger partial charge in [-0.3, -0.25) is 14.2 Å². The number of para-hydroxylation sites is 1. The van der Waals surface area contributed by atoms with Gasteiger partial charge in [0.2, 0.25) is 0 Å². The molecule has 5 nitrogen and oxygen atoms in total. The van der Waals surface area contributed by atoms with Crippen LogP contribution in [0.15, 0.2) is 58.1 Å². The number of carbonyl (C=O) groups excluding carboxylic acids is 1. The van der Waals surface area contributed by atoms with Crippen LogP contribution in [0.4, 0.5) is 4.39 Å². The molecule has 0 aliphatic heterocycles. The summed E-state index contributed by atoms with van der Waals surface area (Å²) in [6.45, 7) is 0.105. The number of fused-ring (bicyclic) bond motifs is 1. The van der Waals surface area contributed by atoms with E-state index in [2.05, 4.69) is 20.9 Å². The van der Waals surface area contributed by atoms with E-state index in [4.69, 9.17) is 4.74 Å². The summed E-state index contributed by atoms with van der Waals surface area (Å²) in [6, 6.07) is 11.1. The molecule has 0 aliphatic rings. The number of rotatable bonds is 4. The van der Waals surface area contributed by atoms with Crippen molar-refractivity contribution in [3.05, 3.63) is 69.4 Å². The molecular formula is C17H12BrFN2O3. The molecule has 0 spiro atoms. The standard InChI is InChI=1S/C17H12BrFN2O3/c18-11-5-6-15(13(19)9-11)24-16(22)7-8-21-10-20-14-4-2-1-3-12(14)17(21)23/h1-6,9-10H,7-8H2. The monoisotopic (exact) mass is 390 g/mol. The minimum Gasteiger partial charge on any atom is -0.423 e. The van der Waals surface area contributed by atoms with E-state index in [1.165, 1.54) is 23.0 Å². The van der Waals surface area contributed by atoms with Crippen molar-refractivity contribution in [2.45, 2.75) is 13.0 Å². The zero-order chi connectivity index (χ0) is 17.1. The van der Waals surface area contributed by atoms with Crippen molar-refractivity contribution in [3.63, 3.8) is 0 Å². The van der Waals surface area contributed by atoms with Crippen LogP contribution < -0.4 is 10.3 Å². The van der Waals surface area contributed by atoms with Crippen LogP contribution in [0, 0.1) is 5.82 Å². The average molecular weight is 391 g/mol. The number of aromatic nitrogens is 2. The third kappa shape index (κ3) is 3.51. The Morgan fingerprint density at radius 1 is 1.25 bits per heavy atom. The fourth-order valence-corrected chi connectivity index (χ4v) is 2.54. The van der Waals surface area contributed by atoms with E-state index in [-0.39, 0.29) is 24.3 Å². The number of benzene rings is 2. The van der Waals surface area contributed by atoms with Gasteiger partial charge in [0.1, 0.15) is 0 Å². The lowest BCUT2D eigenvalue weighted by atomic mass is 10.2. The Morgan fingerprint density at radius 2 is 2.04 bits per heavy atom. The summed E-state index contributed by atoms with van der Waals surface area (Å²) in [5.41, 5.74) is 0.362. The maximum atomic E-state index is 13.6. The van der Waals surface area contributed by atoms with Crippen LogP contribution in [0.1, 0.15) is 6.42 Å². The molecule has 24 heavy (non-hydrogen) atoms. The molecule has 7 heteroatoms. The predicted octanol–water partition coefficient (Wildman–Crippen LogP) is 3.29. The Hall–Kier alpha value is -2.54. The van der Waals surface area contributed by atoms with Crippen LogP contribution in [0.5, 0.6) is 5.75 Å². The van der Waals surface area contributed by atoms with Gasteiger partial charge in [-0.2, -0.15) is 0 Å². The summed E-state index contributed by atoms with van der Waals surface area (Å²) >= 11 is 3.13. The molecule has 0 atom stereocenters. The van der Waals surface area contributed by atoms with Crippen LogP contribution in [-0.4, -0.2) is 15.5 Å². The number of hydrogen-bond donors (Lipinski definition) is 0. The number of hydrogen-bond acceptors (Lipinski definition) is 4. The number of nitrogens with zero attached hydrogens (tertiary/aromatic N) is 2. The molecule has 0 saturated carbocycles. The van der Waals surface area contributed by atoms with Crippen molar-refractivity contribution < 1.29 is 13.9 Å². The number of esters is 1. The molecule has 1 heterocycles. The smallest absolute Gasteiger partial charge is 0.313 e. The van der Waals surface area contributed by atoms with Gasteiger partial charge in [-0.1, -0.05) is 28.1 Å². The lowest BCUT2D eigenvalue weighted by Gasteiger charge is -2.08. The van der Waals surface area contributed by atoms with Crippen LogP contribution in [-0.2, 0) is 11.3 Å². The van der Waals surface area contributed by atoms with Gasteiger partial charge in [0.25, 0.3) is 5.56 Å². The zero-order valence-electron chi connectivity index (χ0n) is 12.4. The Labute approximate surface area is 144 Å². The molecule has 0 unspecified atom stereocenters.